The monoisotopic (exact) mass is 509 g/mol. The topological polar surface area (TPSA) is 102 Å². The number of pyridine rings is 2. The molecule has 1 amide bonds. The Morgan fingerprint density at radius 3 is 2.70 bits per heavy atom. The van der Waals surface area contributed by atoms with Crippen molar-refractivity contribution in [2.24, 2.45) is 5.92 Å². The molecule has 0 bridgehead atoms. The highest BCUT2D eigenvalue weighted by Crippen LogP contribution is 2.31. The van der Waals surface area contributed by atoms with Crippen molar-refractivity contribution in [2.45, 2.75) is 32.6 Å². The SMILES string of the molecule is C[C@@H]1CCN(c2cc(Cn3cc(C(=O)NCc4ccc5c(N)nccc5c4)c(C(F)(F)F)n3)ccn2)C1. The van der Waals surface area contributed by atoms with Crippen LogP contribution in [-0.4, -0.2) is 38.7 Å². The van der Waals surface area contributed by atoms with Crippen LogP contribution in [0.25, 0.3) is 10.8 Å². The molecule has 3 N–H and O–H groups in total. The summed E-state index contributed by atoms with van der Waals surface area (Å²) in [5.74, 6) is 0.883. The van der Waals surface area contributed by atoms with Crippen molar-refractivity contribution in [1.82, 2.24) is 25.1 Å². The first-order valence-corrected chi connectivity index (χ1v) is 11.9. The quantitative estimate of drug-likeness (QED) is 0.403. The van der Waals surface area contributed by atoms with Gasteiger partial charge in [-0.2, -0.15) is 18.3 Å². The van der Waals surface area contributed by atoms with E-state index in [0.717, 1.165) is 52.5 Å². The van der Waals surface area contributed by atoms with Gasteiger partial charge < -0.3 is 16.0 Å². The van der Waals surface area contributed by atoms with Gasteiger partial charge in [0.05, 0.1) is 12.1 Å². The predicted octanol–water partition coefficient (Wildman–Crippen LogP) is 4.25. The molecule has 1 aliphatic rings. The number of anilines is 2. The Hall–Kier alpha value is -4.15. The molecule has 11 heteroatoms. The normalized spacial score (nSPS) is 15.9. The zero-order valence-electron chi connectivity index (χ0n) is 20.2. The number of carbonyl (C=O) groups is 1. The maximum atomic E-state index is 13.8. The van der Waals surface area contributed by atoms with E-state index in [-0.39, 0.29) is 13.1 Å². The Morgan fingerprint density at radius 2 is 1.95 bits per heavy atom. The van der Waals surface area contributed by atoms with Crippen LogP contribution in [0.1, 0.15) is 40.5 Å². The van der Waals surface area contributed by atoms with Gasteiger partial charge in [-0.25, -0.2) is 9.97 Å². The summed E-state index contributed by atoms with van der Waals surface area (Å²) < 4.78 is 42.4. The molecule has 8 nitrogen and oxygen atoms in total. The first-order chi connectivity index (χ1) is 17.7. The lowest BCUT2D eigenvalue weighted by molar-refractivity contribution is -0.141. The van der Waals surface area contributed by atoms with Gasteiger partial charge in [-0.1, -0.05) is 19.1 Å². The van der Waals surface area contributed by atoms with Crippen LogP contribution in [0.2, 0.25) is 0 Å². The van der Waals surface area contributed by atoms with Gasteiger partial charge >= 0.3 is 6.18 Å². The largest absolute Gasteiger partial charge is 0.435 e. The van der Waals surface area contributed by atoms with Crippen molar-refractivity contribution in [2.75, 3.05) is 23.7 Å². The number of fused-ring (bicyclic) bond motifs is 1. The maximum Gasteiger partial charge on any atom is 0.435 e. The summed E-state index contributed by atoms with van der Waals surface area (Å²) >= 11 is 0. The van der Waals surface area contributed by atoms with Crippen LogP contribution < -0.4 is 16.0 Å². The number of alkyl halides is 3. The van der Waals surface area contributed by atoms with E-state index in [1.54, 1.807) is 36.7 Å². The number of benzene rings is 1. The molecule has 37 heavy (non-hydrogen) atoms. The number of nitrogens with one attached hydrogen (secondary N) is 1. The van der Waals surface area contributed by atoms with Gasteiger partial charge in [-0.05, 0) is 53.1 Å². The van der Waals surface area contributed by atoms with Gasteiger partial charge in [0, 0.05) is 43.6 Å². The third kappa shape index (κ3) is 5.35. The summed E-state index contributed by atoms with van der Waals surface area (Å²) in [6.45, 7) is 4.08. The van der Waals surface area contributed by atoms with Crippen molar-refractivity contribution in [3.63, 3.8) is 0 Å². The molecule has 1 aliphatic heterocycles. The molecule has 4 aromatic rings. The Morgan fingerprint density at radius 1 is 1.14 bits per heavy atom. The van der Waals surface area contributed by atoms with Crippen molar-refractivity contribution in [3.05, 3.63) is 77.4 Å². The number of aromatic nitrogens is 4. The minimum absolute atomic E-state index is 0.0431. The van der Waals surface area contributed by atoms with Crippen LogP contribution in [-0.2, 0) is 19.3 Å². The number of nitrogens with two attached hydrogens (primary N) is 1. The molecule has 0 aliphatic carbocycles. The van der Waals surface area contributed by atoms with E-state index in [4.69, 9.17) is 5.73 Å². The smallest absolute Gasteiger partial charge is 0.383 e. The molecule has 0 radical (unpaired) electrons. The first-order valence-electron chi connectivity index (χ1n) is 11.9. The van der Waals surface area contributed by atoms with Crippen molar-refractivity contribution < 1.29 is 18.0 Å². The van der Waals surface area contributed by atoms with E-state index >= 15 is 0 Å². The number of nitrogens with zero attached hydrogens (tertiary/aromatic N) is 5. The Labute approximate surface area is 211 Å². The minimum Gasteiger partial charge on any atom is -0.383 e. The molecular formula is C26H26F3N7O. The second-order valence-electron chi connectivity index (χ2n) is 9.38. The molecule has 5 rings (SSSR count). The van der Waals surface area contributed by atoms with Crippen LogP contribution >= 0.6 is 0 Å². The van der Waals surface area contributed by atoms with Crippen LogP contribution in [0.15, 0.2) is 55.0 Å². The molecule has 1 atom stereocenters. The van der Waals surface area contributed by atoms with Crippen molar-refractivity contribution in [1.29, 1.82) is 0 Å². The number of rotatable bonds is 6. The summed E-state index contributed by atoms with van der Waals surface area (Å²) in [6.07, 6.45) is 0.649. The van der Waals surface area contributed by atoms with Crippen molar-refractivity contribution in [3.8, 4) is 0 Å². The average Bonchev–Trinajstić information content (AvgIpc) is 3.49. The fraction of sp³-hybridized carbons (Fsp3) is 0.308. The zero-order valence-corrected chi connectivity index (χ0v) is 20.2. The molecule has 1 fully saturated rings. The van der Waals surface area contributed by atoms with Crippen molar-refractivity contribution >= 4 is 28.3 Å². The average molecular weight is 510 g/mol. The molecule has 1 saturated heterocycles. The van der Waals surface area contributed by atoms with Crippen LogP contribution in [0.3, 0.4) is 0 Å². The van der Waals surface area contributed by atoms with E-state index in [1.807, 2.05) is 12.1 Å². The first kappa shape index (κ1) is 24.5. The number of halogens is 3. The van der Waals surface area contributed by atoms with E-state index in [0.29, 0.717) is 17.3 Å². The summed E-state index contributed by atoms with van der Waals surface area (Å²) in [7, 11) is 0. The molecule has 1 aromatic carbocycles. The summed E-state index contributed by atoms with van der Waals surface area (Å²) in [6, 6.07) is 10.7. The number of carbonyl (C=O) groups excluding carboxylic acids is 1. The number of nitrogen functional groups attached to an aromatic ring is 1. The third-order valence-electron chi connectivity index (χ3n) is 6.49. The van der Waals surface area contributed by atoms with Gasteiger partial charge in [-0.15, -0.1) is 0 Å². The Bertz CT molecular complexity index is 1450. The Balaban J connectivity index is 1.33. The van der Waals surface area contributed by atoms with E-state index in [2.05, 4.69) is 32.2 Å². The lowest BCUT2D eigenvalue weighted by Gasteiger charge is -2.17. The second-order valence-corrected chi connectivity index (χ2v) is 9.38. The summed E-state index contributed by atoms with van der Waals surface area (Å²) in [5, 5.41) is 7.88. The van der Waals surface area contributed by atoms with Gasteiger partial charge in [0.25, 0.3) is 5.91 Å². The van der Waals surface area contributed by atoms with E-state index in [9.17, 15) is 18.0 Å². The molecule has 4 heterocycles. The van der Waals surface area contributed by atoms with Crippen LogP contribution in [0.4, 0.5) is 24.8 Å². The third-order valence-corrected chi connectivity index (χ3v) is 6.49. The number of hydrogen-bond acceptors (Lipinski definition) is 6. The molecule has 0 unspecified atom stereocenters. The van der Waals surface area contributed by atoms with Gasteiger partial charge in [-0.3, -0.25) is 9.48 Å². The fourth-order valence-corrected chi connectivity index (χ4v) is 4.58. The molecule has 0 saturated carbocycles. The maximum absolute atomic E-state index is 13.8. The molecule has 3 aromatic heterocycles. The Kier molecular flexibility index (Phi) is 6.45. The van der Waals surface area contributed by atoms with E-state index < -0.39 is 23.3 Å². The highest BCUT2D eigenvalue weighted by molar-refractivity contribution is 5.95. The lowest BCUT2D eigenvalue weighted by Crippen LogP contribution is -2.25. The summed E-state index contributed by atoms with van der Waals surface area (Å²) in [5.41, 5.74) is 5.58. The molecule has 0 spiro atoms. The van der Waals surface area contributed by atoms with Crippen LogP contribution in [0, 0.1) is 5.92 Å². The van der Waals surface area contributed by atoms with E-state index in [1.165, 1.54) is 0 Å². The molecular weight excluding hydrogens is 483 g/mol. The van der Waals surface area contributed by atoms with Gasteiger partial charge in [0.15, 0.2) is 5.69 Å². The fourth-order valence-electron chi connectivity index (χ4n) is 4.58. The minimum atomic E-state index is -4.78. The standard InChI is InChI=1S/C26H26F3N7O/c1-16-6-9-35(13-16)22-11-18(4-7-31-22)14-36-15-21(23(34-36)26(27,28)29)25(37)33-12-17-2-3-20-19(10-17)5-8-32-24(20)30/h2-5,7-8,10-11,15-16H,6,9,12-14H2,1H3,(H2,30,32)(H,33,37)/t16-/m1/s1. The highest BCUT2D eigenvalue weighted by atomic mass is 19.4. The highest BCUT2D eigenvalue weighted by Gasteiger charge is 2.39. The lowest BCUT2D eigenvalue weighted by atomic mass is 10.1. The van der Waals surface area contributed by atoms with Crippen LogP contribution in [0.5, 0.6) is 0 Å². The van der Waals surface area contributed by atoms with Gasteiger partial charge in [0.2, 0.25) is 0 Å². The second kappa shape index (κ2) is 9.72. The zero-order chi connectivity index (χ0) is 26.2. The number of amides is 1. The number of hydrogen-bond donors (Lipinski definition) is 2. The molecule has 192 valence electrons. The summed E-state index contributed by atoms with van der Waals surface area (Å²) in [4.78, 5) is 23.4. The predicted molar refractivity (Wildman–Crippen MR) is 134 cm³/mol. The van der Waals surface area contributed by atoms with Gasteiger partial charge in [0.1, 0.15) is 11.6 Å².